The molecule has 1 unspecified atom stereocenters. The summed E-state index contributed by atoms with van der Waals surface area (Å²) in [7, 11) is 0. The summed E-state index contributed by atoms with van der Waals surface area (Å²) in [4.78, 5) is 23.6. The Bertz CT molecular complexity index is 1060. The molecule has 5 nitrogen and oxygen atoms in total. The highest BCUT2D eigenvalue weighted by atomic mass is 32.2. The topological polar surface area (TPSA) is 86.6 Å². The van der Waals surface area contributed by atoms with Crippen molar-refractivity contribution in [2.24, 2.45) is 0 Å². The number of carboxylic acid groups (broad SMARTS) is 1. The lowest BCUT2D eigenvalue weighted by Gasteiger charge is -2.35. The predicted octanol–water partition coefficient (Wildman–Crippen LogP) is 5.73. The highest BCUT2D eigenvalue weighted by Gasteiger charge is 2.36. The number of benzene rings is 3. The minimum absolute atomic E-state index is 0.172. The predicted molar refractivity (Wildman–Crippen MR) is 159 cm³/mol. The maximum Gasteiger partial charge on any atom is 0.326 e. The fourth-order valence-corrected chi connectivity index (χ4v) is 6.25. The summed E-state index contributed by atoms with van der Waals surface area (Å²) in [6, 6.07) is 30.5. The van der Waals surface area contributed by atoms with Crippen molar-refractivity contribution in [2.75, 3.05) is 17.8 Å². The molecule has 0 heterocycles. The molecule has 0 fully saturated rings. The van der Waals surface area contributed by atoms with E-state index >= 15 is 0 Å². The molecule has 0 radical (unpaired) electrons. The number of aliphatic carboxylic acids is 1. The molecule has 7 heteroatoms. The zero-order valence-corrected chi connectivity index (χ0v) is 23.2. The van der Waals surface area contributed by atoms with Crippen molar-refractivity contribution in [3.8, 4) is 0 Å². The molecule has 0 bridgehead atoms. The number of hydrogen-bond acceptors (Lipinski definition) is 5. The van der Waals surface area contributed by atoms with Gasteiger partial charge in [0.25, 0.3) is 0 Å². The Morgan fingerprint density at radius 2 is 1.37 bits per heavy atom. The number of aliphatic hydroxyl groups excluding tert-OH is 1. The second-order valence-electron chi connectivity index (χ2n) is 8.86. The molecule has 3 rings (SSSR count). The minimum Gasteiger partial charge on any atom is -0.480 e. The van der Waals surface area contributed by atoms with Gasteiger partial charge in [0, 0.05) is 0 Å². The summed E-state index contributed by atoms with van der Waals surface area (Å²) in [6.07, 6.45) is 5.29. The molecule has 3 aromatic carbocycles. The molecular formula is C31H35NO4S2. The second kappa shape index (κ2) is 15.4. The van der Waals surface area contributed by atoms with Crippen LogP contribution in [-0.2, 0) is 14.3 Å². The number of thioether (sulfide) groups is 2. The molecule has 0 aliphatic carbocycles. The van der Waals surface area contributed by atoms with Crippen molar-refractivity contribution < 1.29 is 19.8 Å². The Kier molecular flexibility index (Phi) is 12.0. The molecule has 200 valence electrons. The number of carboxylic acids is 1. The van der Waals surface area contributed by atoms with Gasteiger partial charge in [-0.25, -0.2) is 4.79 Å². The van der Waals surface area contributed by atoms with Crippen molar-refractivity contribution in [1.82, 2.24) is 5.32 Å². The van der Waals surface area contributed by atoms with Crippen LogP contribution in [0.4, 0.5) is 0 Å². The van der Waals surface area contributed by atoms with Crippen molar-refractivity contribution in [2.45, 2.75) is 36.2 Å². The number of nitrogens with one attached hydrogen (secondary N) is 1. The third-order valence-electron chi connectivity index (χ3n) is 6.14. The highest BCUT2D eigenvalue weighted by Crippen LogP contribution is 2.48. The molecule has 0 aromatic heterocycles. The number of rotatable bonds is 15. The van der Waals surface area contributed by atoms with Crippen molar-refractivity contribution >= 4 is 35.4 Å². The number of aliphatic hydroxyl groups is 1. The van der Waals surface area contributed by atoms with E-state index in [0.717, 1.165) is 5.75 Å². The molecule has 0 aliphatic heterocycles. The molecular weight excluding hydrogens is 514 g/mol. The molecule has 0 saturated carbocycles. The van der Waals surface area contributed by atoms with E-state index in [-0.39, 0.29) is 6.42 Å². The first kappa shape index (κ1) is 29.6. The summed E-state index contributed by atoms with van der Waals surface area (Å²) in [6.45, 7) is 0. The first-order chi connectivity index (χ1) is 18.5. The molecule has 3 N–H and O–H groups in total. The Morgan fingerprint density at radius 1 is 0.868 bits per heavy atom. The van der Waals surface area contributed by atoms with Crippen LogP contribution in [0.2, 0.25) is 0 Å². The zero-order valence-electron chi connectivity index (χ0n) is 21.5. The van der Waals surface area contributed by atoms with Crippen LogP contribution >= 0.6 is 23.5 Å². The average Bonchev–Trinajstić information content (AvgIpc) is 2.94. The van der Waals surface area contributed by atoms with E-state index in [1.807, 2.05) is 42.3 Å². The lowest BCUT2D eigenvalue weighted by atomic mass is 9.84. The van der Waals surface area contributed by atoms with E-state index in [0.29, 0.717) is 18.6 Å². The van der Waals surface area contributed by atoms with Gasteiger partial charge >= 0.3 is 5.97 Å². The van der Waals surface area contributed by atoms with Crippen LogP contribution in [0.3, 0.4) is 0 Å². The highest BCUT2D eigenvalue weighted by molar-refractivity contribution is 8.00. The molecule has 0 saturated heterocycles. The first-order valence-electron chi connectivity index (χ1n) is 12.6. The Labute approximate surface area is 233 Å². The van der Waals surface area contributed by atoms with Crippen LogP contribution in [-0.4, -0.2) is 52.0 Å². The van der Waals surface area contributed by atoms with Crippen LogP contribution < -0.4 is 5.32 Å². The molecule has 0 aliphatic rings. The monoisotopic (exact) mass is 549 g/mol. The fourth-order valence-electron chi connectivity index (χ4n) is 4.31. The lowest BCUT2D eigenvalue weighted by Crippen LogP contribution is -2.42. The van der Waals surface area contributed by atoms with Gasteiger partial charge in [-0.3, -0.25) is 4.79 Å². The van der Waals surface area contributed by atoms with Crippen molar-refractivity contribution in [1.29, 1.82) is 0 Å². The number of allylic oxidation sites excluding steroid dienone is 1. The normalized spacial score (nSPS) is 13.2. The zero-order chi connectivity index (χ0) is 27.2. The SMILES string of the molecule is CSCC[C@@H](NC(=O)CC(O)/C=C/CCSC(c1ccccc1)(c1ccccc1)c1ccccc1)C(=O)O. The number of amides is 1. The van der Waals surface area contributed by atoms with Gasteiger partial charge in [-0.1, -0.05) is 103 Å². The van der Waals surface area contributed by atoms with E-state index in [1.54, 1.807) is 6.08 Å². The summed E-state index contributed by atoms with van der Waals surface area (Å²) < 4.78 is -0.404. The molecule has 3 aromatic rings. The minimum atomic E-state index is -1.06. The van der Waals surface area contributed by atoms with Crippen LogP contribution in [0, 0.1) is 0 Å². The third-order valence-corrected chi connectivity index (χ3v) is 8.36. The summed E-state index contributed by atoms with van der Waals surface area (Å²) in [5.41, 5.74) is 3.58. The largest absolute Gasteiger partial charge is 0.480 e. The standard InChI is InChI=1S/C31H35NO4S2/c1-37-22-20-28(30(35)36)32-29(34)23-27(33)19-11-12-21-38-31(24-13-5-2-6-14-24,25-15-7-3-8-16-25)26-17-9-4-10-18-26/h2-11,13-19,27-28,33H,12,20-23H2,1H3,(H,32,34)(H,35,36)/b19-11+/t27?,28-/m1/s1. The van der Waals surface area contributed by atoms with Crippen LogP contribution in [0.1, 0.15) is 36.0 Å². The maximum absolute atomic E-state index is 12.2. The average molecular weight is 550 g/mol. The van der Waals surface area contributed by atoms with Crippen LogP contribution in [0.25, 0.3) is 0 Å². The summed E-state index contributed by atoms with van der Waals surface area (Å²) in [5, 5.41) is 22.1. The quantitative estimate of drug-likeness (QED) is 0.128. The molecule has 1 amide bonds. The van der Waals surface area contributed by atoms with Crippen LogP contribution in [0.15, 0.2) is 103 Å². The van der Waals surface area contributed by atoms with Gasteiger partial charge < -0.3 is 15.5 Å². The Hall–Kier alpha value is -3.00. The fraction of sp³-hybridized carbons (Fsp3) is 0.290. The smallest absolute Gasteiger partial charge is 0.326 e. The van der Waals surface area contributed by atoms with Gasteiger partial charge in [0.1, 0.15) is 6.04 Å². The van der Waals surface area contributed by atoms with Gasteiger partial charge in [0.2, 0.25) is 5.91 Å². The molecule has 38 heavy (non-hydrogen) atoms. The van der Waals surface area contributed by atoms with E-state index < -0.39 is 28.8 Å². The first-order valence-corrected chi connectivity index (χ1v) is 15.0. The number of carbonyl (C=O) groups is 2. The number of carbonyl (C=O) groups excluding carboxylic acids is 1. The van der Waals surface area contributed by atoms with E-state index in [2.05, 4.69) is 78.1 Å². The second-order valence-corrected chi connectivity index (χ2v) is 11.2. The van der Waals surface area contributed by atoms with Crippen molar-refractivity contribution in [3.63, 3.8) is 0 Å². The van der Waals surface area contributed by atoms with Crippen molar-refractivity contribution in [3.05, 3.63) is 120 Å². The Balaban J connectivity index is 1.68. The number of hydrogen-bond donors (Lipinski definition) is 3. The summed E-state index contributed by atoms with van der Waals surface area (Å²) >= 11 is 3.36. The van der Waals surface area contributed by atoms with Gasteiger partial charge in [-0.2, -0.15) is 11.8 Å². The van der Waals surface area contributed by atoms with Gasteiger partial charge in [-0.15, -0.1) is 11.8 Å². The third kappa shape index (κ3) is 8.25. The summed E-state index contributed by atoms with van der Waals surface area (Å²) in [5.74, 6) is -0.119. The lowest BCUT2D eigenvalue weighted by molar-refractivity contribution is -0.142. The molecule has 2 atom stereocenters. The van der Waals surface area contributed by atoms with Gasteiger partial charge in [-0.05, 0) is 47.3 Å². The van der Waals surface area contributed by atoms with Gasteiger partial charge in [0.15, 0.2) is 0 Å². The molecule has 0 spiro atoms. The van der Waals surface area contributed by atoms with E-state index in [9.17, 15) is 19.8 Å². The van der Waals surface area contributed by atoms with E-state index in [4.69, 9.17) is 0 Å². The van der Waals surface area contributed by atoms with Crippen LogP contribution in [0.5, 0.6) is 0 Å². The Morgan fingerprint density at radius 3 is 1.82 bits per heavy atom. The maximum atomic E-state index is 12.2. The van der Waals surface area contributed by atoms with E-state index in [1.165, 1.54) is 28.5 Å². The van der Waals surface area contributed by atoms with Gasteiger partial charge in [0.05, 0.1) is 17.3 Å².